The van der Waals surface area contributed by atoms with Crippen LogP contribution in [0.3, 0.4) is 0 Å². The standard InChI is InChI=1S/C47H94O19/c1-23-33-35-46(63-40(13,51-19)57-29-7,64-41(14,52-20)58-30-8)44(25-3,61-38(11,49-17)55-27-5)37(48)45(26-4,62-39(12,50-18)56-28-6)47(36-34-24-2,65-42(15,53-21)59-31-9)66-43(16,54-22)60-32-10/h23-36H2,1-22H3. The lowest BCUT2D eigenvalue weighted by molar-refractivity contribution is -0.540. The van der Waals surface area contributed by atoms with Gasteiger partial charge in [0.15, 0.2) is 11.2 Å². The van der Waals surface area contributed by atoms with Crippen LogP contribution in [0.1, 0.15) is 162 Å². The maximum absolute atomic E-state index is 17.8. The Morgan fingerprint density at radius 3 is 0.682 bits per heavy atom. The molecule has 0 spiro atoms. The Balaban J connectivity index is 10.4. The largest absolute Gasteiger partial charge is 0.331 e. The number of methoxy groups -OCH3 is 6. The number of hydrogen-bond acceptors (Lipinski definition) is 19. The molecule has 0 N–H and O–H groups in total. The van der Waals surface area contributed by atoms with E-state index in [1.165, 1.54) is 56.5 Å². The molecule has 0 aliphatic carbocycles. The van der Waals surface area contributed by atoms with Crippen LogP contribution in [-0.4, -0.2) is 147 Å². The summed E-state index contributed by atoms with van der Waals surface area (Å²) >= 11 is 0. The number of ether oxygens (including phenoxy) is 18. The number of carbonyl (C=O) groups is 1. The maximum atomic E-state index is 17.8. The number of rotatable bonds is 42. The zero-order valence-corrected chi connectivity index (χ0v) is 45.2. The summed E-state index contributed by atoms with van der Waals surface area (Å²) in [7, 11) is 8.36. The van der Waals surface area contributed by atoms with Crippen molar-refractivity contribution in [2.45, 2.75) is 221 Å². The van der Waals surface area contributed by atoms with E-state index in [-0.39, 0.29) is 65.3 Å². The van der Waals surface area contributed by atoms with Crippen LogP contribution in [0.5, 0.6) is 0 Å². The molecule has 0 amide bonds. The van der Waals surface area contributed by atoms with Crippen LogP contribution in [-0.2, 0) is 90.1 Å². The van der Waals surface area contributed by atoms with Crippen LogP contribution >= 0.6 is 0 Å². The highest BCUT2D eigenvalue weighted by molar-refractivity contribution is 5.97. The Morgan fingerprint density at radius 1 is 0.333 bits per heavy atom. The van der Waals surface area contributed by atoms with Crippen molar-refractivity contribution in [3.8, 4) is 0 Å². The minimum Gasteiger partial charge on any atom is -0.331 e. The summed E-state index contributed by atoms with van der Waals surface area (Å²) in [5, 5.41) is 0. The highest BCUT2D eigenvalue weighted by Crippen LogP contribution is 2.55. The van der Waals surface area contributed by atoms with Gasteiger partial charge in [0.25, 0.3) is 35.8 Å². The molecule has 19 nitrogen and oxygen atoms in total. The van der Waals surface area contributed by atoms with E-state index in [4.69, 9.17) is 85.3 Å². The van der Waals surface area contributed by atoms with Crippen molar-refractivity contribution in [1.29, 1.82) is 0 Å². The van der Waals surface area contributed by atoms with Crippen LogP contribution in [0.15, 0.2) is 0 Å². The fraction of sp³-hybridized carbons (Fsp3) is 0.979. The summed E-state index contributed by atoms with van der Waals surface area (Å²) < 4.78 is 117. The smallest absolute Gasteiger partial charge is 0.282 e. The van der Waals surface area contributed by atoms with E-state index in [0.29, 0.717) is 25.7 Å². The lowest BCUT2D eigenvalue weighted by Gasteiger charge is -2.59. The first-order chi connectivity index (χ1) is 30.9. The Morgan fingerprint density at radius 2 is 0.530 bits per heavy atom. The summed E-state index contributed by atoms with van der Waals surface area (Å²) in [4.78, 5) is 17.8. The highest BCUT2D eigenvalue weighted by Gasteiger charge is 2.76. The van der Waals surface area contributed by atoms with E-state index in [1.807, 2.05) is 13.8 Å². The molecule has 0 aromatic carbocycles. The zero-order valence-electron chi connectivity index (χ0n) is 45.2. The lowest BCUT2D eigenvalue weighted by Crippen LogP contribution is -2.79. The van der Waals surface area contributed by atoms with E-state index in [1.54, 1.807) is 83.1 Å². The van der Waals surface area contributed by atoms with Gasteiger partial charge in [0.2, 0.25) is 17.4 Å². The van der Waals surface area contributed by atoms with Crippen LogP contribution in [0.4, 0.5) is 0 Å². The second kappa shape index (κ2) is 28.7. The molecule has 0 aliphatic rings. The molecule has 66 heavy (non-hydrogen) atoms. The number of hydrogen-bond donors (Lipinski definition) is 0. The maximum Gasteiger partial charge on any atom is 0.282 e. The molecule has 396 valence electrons. The number of Topliss-reactive ketones (excluding diaryl/α,β-unsaturated/α-hetero) is 1. The second-order valence-electron chi connectivity index (χ2n) is 16.0. The van der Waals surface area contributed by atoms with Crippen LogP contribution in [0, 0.1) is 0 Å². The van der Waals surface area contributed by atoms with Gasteiger partial charge in [-0.05, 0) is 67.2 Å². The molecule has 0 aromatic heterocycles. The fourth-order valence-electron chi connectivity index (χ4n) is 7.91. The molecule has 0 saturated heterocycles. The Kier molecular flexibility index (Phi) is 28.3. The first kappa shape index (κ1) is 65.0. The molecule has 0 saturated carbocycles. The number of ketones is 1. The molecule has 0 aromatic rings. The SMILES string of the molecule is CCCCC(OC(C)(OC)OCC)(OC(C)(OC)OCC)C(CC)(OC(C)(OC)OCC)C(=O)C(CC)(OC(C)(OC)OCC)C(CCCC)(OC(C)(OC)OCC)OC(C)(OC)OCC. The fourth-order valence-corrected chi connectivity index (χ4v) is 7.91. The molecule has 0 heterocycles. The topological polar surface area (TPSA) is 183 Å². The molecular formula is C47H94O19. The van der Waals surface area contributed by atoms with Gasteiger partial charge in [0.05, 0.1) is 0 Å². The van der Waals surface area contributed by atoms with Gasteiger partial charge < -0.3 is 66.3 Å². The van der Waals surface area contributed by atoms with Gasteiger partial charge in [0, 0.05) is 137 Å². The van der Waals surface area contributed by atoms with Crippen molar-refractivity contribution in [3.05, 3.63) is 0 Å². The second-order valence-corrected chi connectivity index (χ2v) is 16.0. The van der Waals surface area contributed by atoms with Gasteiger partial charge in [-0.15, -0.1) is 0 Å². The normalized spacial score (nSPS) is 21.7. The van der Waals surface area contributed by atoms with Gasteiger partial charge in [-0.25, -0.2) is 0 Å². The summed E-state index contributed by atoms with van der Waals surface area (Å²) in [6.45, 7) is 27.7. The van der Waals surface area contributed by atoms with Crippen molar-refractivity contribution < 1.29 is 90.1 Å². The molecule has 0 bridgehead atoms. The van der Waals surface area contributed by atoms with E-state index in [9.17, 15) is 0 Å². The monoisotopic (exact) mass is 963 g/mol. The summed E-state index contributed by atoms with van der Waals surface area (Å²) in [5.74, 6) is -17.5. The minimum atomic E-state index is -2.51. The van der Waals surface area contributed by atoms with E-state index < -0.39 is 64.4 Å². The van der Waals surface area contributed by atoms with Gasteiger partial charge in [0.1, 0.15) is 0 Å². The van der Waals surface area contributed by atoms with Gasteiger partial charge in [-0.3, -0.25) is 23.7 Å². The Labute approximate surface area is 398 Å². The summed E-state index contributed by atoms with van der Waals surface area (Å²) in [6, 6.07) is 0. The average Bonchev–Trinajstić information content (AvgIpc) is 3.28. The van der Waals surface area contributed by atoms with E-state index in [2.05, 4.69) is 0 Å². The van der Waals surface area contributed by atoms with Crippen molar-refractivity contribution in [1.82, 2.24) is 0 Å². The molecule has 19 heteroatoms. The number of unbranched alkanes of at least 4 members (excludes halogenated alkanes) is 2. The molecule has 0 rings (SSSR count). The molecule has 0 radical (unpaired) electrons. The van der Waals surface area contributed by atoms with Gasteiger partial charge in [-0.1, -0.05) is 40.5 Å². The summed E-state index contributed by atoms with van der Waals surface area (Å²) in [5.41, 5.74) is -5.03. The Hall–Kier alpha value is -1.05. The van der Waals surface area contributed by atoms with Crippen LogP contribution in [0.2, 0.25) is 0 Å². The minimum absolute atomic E-state index is 0.0702. The first-order valence-corrected chi connectivity index (χ1v) is 23.8. The van der Waals surface area contributed by atoms with Crippen LogP contribution < -0.4 is 0 Å². The molecule has 8 atom stereocenters. The highest BCUT2D eigenvalue weighted by atomic mass is 17.0. The van der Waals surface area contributed by atoms with E-state index in [0.717, 1.165) is 0 Å². The number of carbonyl (C=O) groups excluding carboxylic acids is 1. The molecule has 8 unspecified atom stereocenters. The van der Waals surface area contributed by atoms with Gasteiger partial charge in [-0.2, -0.15) is 0 Å². The zero-order chi connectivity index (χ0) is 51.2. The van der Waals surface area contributed by atoms with Gasteiger partial charge >= 0.3 is 0 Å². The average molecular weight is 963 g/mol. The van der Waals surface area contributed by atoms with Crippen molar-refractivity contribution >= 4 is 5.78 Å². The third-order valence-electron chi connectivity index (χ3n) is 11.5. The first-order valence-electron chi connectivity index (χ1n) is 23.8. The van der Waals surface area contributed by atoms with Crippen molar-refractivity contribution in [3.63, 3.8) is 0 Å². The van der Waals surface area contributed by atoms with E-state index >= 15 is 4.79 Å². The summed E-state index contributed by atoms with van der Waals surface area (Å²) in [6.07, 6.45) is 1.10. The van der Waals surface area contributed by atoms with Crippen molar-refractivity contribution in [2.75, 3.05) is 82.3 Å². The predicted octanol–water partition coefficient (Wildman–Crippen LogP) is 8.87. The molecule has 0 fully saturated rings. The predicted molar refractivity (Wildman–Crippen MR) is 244 cm³/mol. The lowest BCUT2D eigenvalue weighted by atomic mass is 9.70. The van der Waals surface area contributed by atoms with Crippen molar-refractivity contribution in [2.24, 2.45) is 0 Å². The Bertz CT molecular complexity index is 1210. The molecule has 0 aliphatic heterocycles. The van der Waals surface area contributed by atoms with Crippen LogP contribution in [0.25, 0.3) is 0 Å². The third-order valence-corrected chi connectivity index (χ3v) is 11.5. The molecular weight excluding hydrogens is 868 g/mol. The third kappa shape index (κ3) is 16.0. The quantitative estimate of drug-likeness (QED) is 0.0528.